The van der Waals surface area contributed by atoms with Crippen molar-refractivity contribution in [3.63, 3.8) is 0 Å². The normalized spacial score (nSPS) is 12.5. The molecule has 1 heterocycles. The Morgan fingerprint density at radius 1 is 1.03 bits per heavy atom. The van der Waals surface area contributed by atoms with Crippen molar-refractivity contribution < 1.29 is 33.4 Å². The zero-order valence-electron chi connectivity index (χ0n) is 16.7. The van der Waals surface area contributed by atoms with Crippen molar-refractivity contribution in [1.82, 2.24) is 0 Å². The summed E-state index contributed by atoms with van der Waals surface area (Å²) in [6.07, 6.45) is 0. The van der Waals surface area contributed by atoms with Gasteiger partial charge in [-0.1, -0.05) is 6.07 Å². The van der Waals surface area contributed by atoms with Gasteiger partial charge in [0.2, 0.25) is 5.91 Å². The molecule has 0 radical (unpaired) electrons. The molecule has 0 unspecified atom stereocenters. The van der Waals surface area contributed by atoms with E-state index >= 15 is 0 Å². The molecular formula is C21H20N2O7. The van der Waals surface area contributed by atoms with E-state index in [1.165, 1.54) is 32.4 Å². The van der Waals surface area contributed by atoms with E-state index in [0.29, 0.717) is 11.4 Å². The number of carbonyl (C=O) groups excluding carboxylic acids is 4. The highest BCUT2D eigenvalue weighted by molar-refractivity contribution is 6.01. The van der Waals surface area contributed by atoms with Crippen LogP contribution in [0.4, 0.5) is 11.4 Å². The summed E-state index contributed by atoms with van der Waals surface area (Å²) in [5, 5.41) is 2.64. The van der Waals surface area contributed by atoms with Gasteiger partial charge in [0.15, 0.2) is 5.75 Å². The van der Waals surface area contributed by atoms with Crippen LogP contribution >= 0.6 is 0 Å². The average molecular weight is 412 g/mol. The molecule has 0 spiro atoms. The second kappa shape index (κ2) is 8.64. The maximum Gasteiger partial charge on any atom is 0.337 e. The number of anilines is 2. The maximum atomic E-state index is 12.6. The summed E-state index contributed by atoms with van der Waals surface area (Å²) in [6, 6.07) is 9.44. The SMILES string of the molecule is COC(=O)c1cc(NC(=O)CN2CC(=O)Oc3cc(C)ccc32)cc(C(=O)OC)c1. The van der Waals surface area contributed by atoms with Crippen LogP contribution in [0.5, 0.6) is 5.75 Å². The lowest BCUT2D eigenvalue weighted by molar-refractivity contribution is -0.133. The van der Waals surface area contributed by atoms with Crippen LogP contribution < -0.4 is 15.0 Å². The van der Waals surface area contributed by atoms with E-state index in [1.54, 1.807) is 17.0 Å². The number of methoxy groups -OCH3 is 2. The molecule has 2 aromatic carbocycles. The van der Waals surface area contributed by atoms with Gasteiger partial charge in [-0.2, -0.15) is 0 Å². The smallest absolute Gasteiger partial charge is 0.337 e. The van der Waals surface area contributed by atoms with Crippen LogP contribution in [0.2, 0.25) is 0 Å². The summed E-state index contributed by atoms with van der Waals surface area (Å²) >= 11 is 0. The van der Waals surface area contributed by atoms with Crippen LogP contribution in [0.15, 0.2) is 36.4 Å². The topological polar surface area (TPSA) is 111 Å². The summed E-state index contributed by atoms with van der Waals surface area (Å²) in [5.41, 5.74) is 1.92. The molecule has 0 fully saturated rings. The minimum Gasteiger partial charge on any atom is -0.465 e. The lowest BCUT2D eigenvalue weighted by Crippen LogP contribution is -2.41. The highest BCUT2D eigenvalue weighted by Crippen LogP contribution is 2.32. The third-order valence-electron chi connectivity index (χ3n) is 4.39. The molecule has 0 bridgehead atoms. The van der Waals surface area contributed by atoms with Crippen molar-refractivity contribution in [2.24, 2.45) is 0 Å². The van der Waals surface area contributed by atoms with Crippen LogP contribution in [0.1, 0.15) is 26.3 Å². The number of aryl methyl sites for hydroxylation is 1. The van der Waals surface area contributed by atoms with Gasteiger partial charge < -0.3 is 24.4 Å². The predicted octanol–water partition coefficient (Wildman–Crippen LogP) is 1.93. The number of benzene rings is 2. The molecule has 1 aliphatic heterocycles. The summed E-state index contributed by atoms with van der Waals surface area (Å²) in [7, 11) is 2.42. The molecule has 1 aliphatic rings. The van der Waals surface area contributed by atoms with Gasteiger partial charge in [0.05, 0.1) is 37.6 Å². The number of carbonyl (C=O) groups is 4. The molecule has 9 nitrogen and oxygen atoms in total. The van der Waals surface area contributed by atoms with Crippen molar-refractivity contribution in [3.05, 3.63) is 53.1 Å². The summed E-state index contributed by atoms with van der Waals surface area (Å²) in [6.45, 7) is 1.65. The molecule has 30 heavy (non-hydrogen) atoms. The second-order valence-electron chi connectivity index (χ2n) is 6.63. The Balaban J connectivity index is 1.82. The first-order valence-electron chi connectivity index (χ1n) is 8.98. The summed E-state index contributed by atoms with van der Waals surface area (Å²) in [5.74, 6) is -1.87. The number of nitrogens with one attached hydrogen (secondary N) is 1. The highest BCUT2D eigenvalue weighted by Gasteiger charge is 2.26. The molecule has 3 rings (SSSR count). The number of hydrogen-bond donors (Lipinski definition) is 1. The van der Waals surface area contributed by atoms with Crippen molar-refractivity contribution in [1.29, 1.82) is 0 Å². The van der Waals surface area contributed by atoms with Gasteiger partial charge in [0.25, 0.3) is 0 Å². The summed E-state index contributed by atoms with van der Waals surface area (Å²) < 4.78 is 14.6. The number of fused-ring (bicyclic) bond motifs is 1. The Kier molecular flexibility index (Phi) is 6.01. The number of ether oxygens (including phenoxy) is 3. The quantitative estimate of drug-likeness (QED) is 0.586. The lowest BCUT2D eigenvalue weighted by atomic mass is 10.1. The van der Waals surface area contributed by atoms with Crippen LogP contribution in [-0.2, 0) is 19.1 Å². The molecular weight excluding hydrogens is 392 g/mol. The van der Waals surface area contributed by atoms with Gasteiger partial charge in [-0.05, 0) is 42.8 Å². The van der Waals surface area contributed by atoms with E-state index in [1.807, 2.05) is 13.0 Å². The van der Waals surface area contributed by atoms with E-state index in [4.69, 9.17) is 4.74 Å². The summed E-state index contributed by atoms with van der Waals surface area (Å²) in [4.78, 5) is 49.9. The number of esters is 3. The van der Waals surface area contributed by atoms with Crippen LogP contribution in [0.25, 0.3) is 0 Å². The Labute approximate surface area is 172 Å². The Morgan fingerprint density at radius 2 is 1.67 bits per heavy atom. The van der Waals surface area contributed by atoms with Gasteiger partial charge in [0, 0.05) is 5.69 Å². The zero-order chi connectivity index (χ0) is 21.8. The number of hydrogen-bond acceptors (Lipinski definition) is 8. The number of amides is 1. The van der Waals surface area contributed by atoms with Crippen molar-refractivity contribution in [2.45, 2.75) is 6.92 Å². The first-order valence-corrected chi connectivity index (χ1v) is 8.98. The molecule has 1 amide bonds. The van der Waals surface area contributed by atoms with E-state index in [0.717, 1.165) is 5.56 Å². The van der Waals surface area contributed by atoms with E-state index in [-0.39, 0.29) is 29.9 Å². The molecule has 0 saturated heterocycles. The monoisotopic (exact) mass is 412 g/mol. The molecule has 0 saturated carbocycles. The standard InChI is InChI=1S/C21H20N2O7/c1-12-4-5-16-17(6-12)30-19(25)11-23(16)10-18(24)22-15-8-13(20(26)28-2)7-14(9-15)21(27)29-3/h4-9H,10-11H2,1-3H3,(H,22,24). The van der Waals surface area contributed by atoms with Crippen molar-refractivity contribution >= 4 is 35.2 Å². The molecule has 9 heteroatoms. The highest BCUT2D eigenvalue weighted by atomic mass is 16.5. The number of rotatable bonds is 5. The molecule has 156 valence electrons. The molecule has 0 aliphatic carbocycles. The zero-order valence-corrected chi connectivity index (χ0v) is 16.7. The molecule has 0 atom stereocenters. The first kappa shape index (κ1) is 20.8. The van der Waals surface area contributed by atoms with Gasteiger partial charge in [-0.15, -0.1) is 0 Å². The van der Waals surface area contributed by atoms with Crippen molar-refractivity contribution in [2.75, 3.05) is 37.5 Å². The van der Waals surface area contributed by atoms with Crippen LogP contribution in [0, 0.1) is 6.92 Å². The average Bonchev–Trinajstić information content (AvgIpc) is 2.71. The fourth-order valence-electron chi connectivity index (χ4n) is 3.05. The van der Waals surface area contributed by atoms with Gasteiger partial charge in [-0.3, -0.25) is 4.79 Å². The fraction of sp³-hybridized carbons (Fsp3) is 0.238. The Hall–Kier alpha value is -3.88. The molecule has 0 aromatic heterocycles. The molecule has 2 aromatic rings. The fourth-order valence-corrected chi connectivity index (χ4v) is 3.05. The van der Waals surface area contributed by atoms with Crippen LogP contribution in [0.3, 0.4) is 0 Å². The van der Waals surface area contributed by atoms with Gasteiger partial charge in [-0.25, -0.2) is 14.4 Å². The largest absolute Gasteiger partial charge is 0.465 e. The Bertz CT molecular complexity index is 998. The van der Waals surface area contributed by atoms with E-state index in [9.17, 15) is 19.2 Å². The second-order valence-corrected chi connectivity index (χ2v) is 6.63. The maximum absolute atomic E-state index is 12.6. The molecule has 1 N–H and O–H groups in total. The van der Waals surface area contributed by atoms with Gasteiger partial charge in [0.1, 0.15) is 6.54 Å². The van der Waals surface area contributed by atoms with E-state index < -0.39 is 23.8 Å². The Morgan fingerprint density at radius 3 is 2.27 bits per heavy atom. The van der Waals surface area contributed by atoms with Crippen LogP contribution in [-0.4, -0.2) is 51.1 Å². The van der Waals surface area contributed by atoms with Crippen molar-refractivity contribution in [3.8, 4) is 5.75 Å². The number of nitrogens with zero attached hydrogens (tertiary/aromatic N) is 1. The van der Waals surface area contributed by atoms with E-state index in [2.05, 4.69) is 14.8 Å². The predicted molar refractivity (Wildman–Crippen MR) is 107 cm³/mol. The lowest BCUT2D eigenvalue weighted by Gasteiger charge is -2.29. The minimum absolute atomic E-state index is 0.0815. The third kappa shape index (κ3) is 4.57. The third-order valence-corrected chi connectivity index (χ3v) is 4.39. The minimum atomic E-state index is -0.667. The first-order chi connectivity index (χ1) is 14.3. The van der Waals surface area contributed by atoms with Gasteiger partial charge >= 0.3 is 17.9 Å².